The molecule has 0 aliphatic heterocycles. The number of ether oxygens (including phenoxy) is 1. The maximum Gasteiger partial charge on any atom is 0.433 e. The van der Waals surface area contributed by atoms with Gasteiger partial charge in [0.05, 0.1) is 12.7 Å². The number of methoxy groups -OCH3 is 1. The van der Waals surface area contributed by atoms with Gasteiger partial charge in [0.15, 0.2) is 5.82 Å². The summed E-state index contributed by atoms with van der Waals surface area (Å²) in [6.07, 6.45) is -4.35. The van der Waals surface area contributed by atoms with E-state index < -0.39 is 23.6 Å². The van der Waals surface area contributed by atoms with E-state index in [1.807, 2.05) is 0 Å². The van der Waals surface area contributed by atoms with Crippen LogP contribution in [-0.2, 0) is 10.9 Å². The van der Waals surface area contributed by atoms with Crippen LogP contribution in [0.25, 0.3) is 11.5 Å². The number of alkyl halides is 3. The maximum atomic E-state index is 13.0. The van der Waals surface area contributed by atoms with Gasteiger partial charge in [-0.3, -0.25) is 10.3 Å². The van der Waals surface area contributed by atoms with Crippen LogP contribution >= 0.6 is 0 Å². The number of hydrogen-bond acceptors (Lipinski definition) is 10. The molecular weight excluding hydrogens is 457 g/mol. The molecule has 0 unspecified atom stereocenters. The summed E-state index contributed by atoms with van der Waals surface area (Å²) < 4.78 is 43.6. The minimum atomic E-state index is -4.63. The Morgan fingerprint density at radius 3 is 2.50 bits per heavy atom. The number of pyridine rings is 2. The Labute approximate surface area is 191 Å². The molecule has 0 saturated heterocycles. The predicted molar refractivity (Wildman–Crippen MR) is 116 cm³/mol. The molecule has 0 atom stereocenters. The zero-order chi connectivity index (χ0) is 24.9. The number of rotatable bonds is 7. The third-order valence-electron chi connectivity index (χ3n) is 4.01. The molecule has 0 spiro atoms. The van der Waals surface area contributed by atoms with Gasteiger partial charge in [0, 0.05) is 18.4 Å². The highest BCUT2D eigenvalue weighted by atomic mass is 19.4. The van der Waals surface area contributed by atoms with E-state index in [9.17, 15) is 23.1 Å². The first-order valence-corrected chi connectivity index (χ1v) is 9.78. The first-order chi connectivity index (χ1) is 15.9. The van der Waals surface area contributed by atoms with E-state index in [1.165, 1.54) is 19.2 Å². The van der Waals surface area contributed by atoms with E-state index in [1.54, 1.807) is 26.0 Å². The lowest BCUT2D eigenvalue weighted by molar-refractivity contribution is -0.141. The second-order valence-corrected chi connectivity index (χ2v) is 7.55. The standard InChI is InChI=1S/C20H21F3N8O3/c1-19(2,33)10-25-16-29-15(12-5-4-6-14(27-12)28-18(32)34-3)30-17(31-16)26-11-7-8-24-13(9-11)20(21,22)23/h4-9,33H,10H2,1-3H3,(H,27,28,32)(H2,24,25,26,29,30,31). The normalized spacial score (nSPS) is 11.6. The van der Waals surface area contributed by atoms with Crippen LogP contribution in [0.3, 0.4) is 0 Å². The van der Waals surface area contributed by atoms with Crippen molar-refractivity contribution in [2.45, 2.75) is 25.6 Å². The lowest BCUT2D eigenvalue weighted by Crippen LogP contribution is -2.30. The quantitative estimate of drug-likeness (QED) is 0.398. The lowest BCUT2D eigenvalue weighted by Gasteiger charge is -2.18. The van der Waals surface area contributed by atoms with Crippen molar-refractivity contribution >= 4 is 29.5 Å². The lowest BCUT2D eigenvalue weighted by atomic mass is 10.1. The largest absolute Gasteiger partial charge is 0.453 e. The predicted octanol–water partition coefficient (Wildman–Crippen LogP) is 3.45. The number of anilines is 4. The summed E-state index contributed by atoms with van der Waals surface area (Å²) in [5, 5.41) is 18.0. The highest BCUT2D eigenvalue weighted by Crippen LogP contribution is 2.29. The molecule has 0 aliphatic carbocycles. The van der Waals surface area contributed by atoms with Gasteiger partial charge in [0.25, 0.3) is 0 Å². The number of hydrogen-bond donors (Lipinski definition) is 4. The third kappa shape index (κ3) is 6.96. The molecular formula is C20H21F3N8O3. The minimum absolute atomic E-state index is 0.0351. The first-order valence-electron chi connectivity index (χ1n) is 9.78. The molecule has 4 N–H and O–H groups in total. The average molecular weight is 478 g/mol. The highest BCUT2D eigenvalue weighted by molar-refractivity contribution is 5.83. The Morgan fingerprint density at radius 1 is 1.09 bits per heavy atom. The summed E-state index contributed by atoms with van der Waals surface area (Å²) in [7, 11) is 1.20. The molecule has 1 amide bonds. The van der Waals surface area contributed by atoms with Crippen LogP contribution in [0, 0.1) is 0 Å². The van der Waals surface area contributed by atoms with Crippen LogP contribution in [0.4, 0.5) is 41.4 Å². The Morgan fingerprint density at radius 2 is 1.82 bits per heavy atom. The van der Waals surface area contributed by atoms with Crippen LogP contribution in [-0.4, -0.2) is 55.4 Å². The van der Waals surface area contributed by atoms with E-state index >= 15 is 0 Å². The van der Waals surface area contributed by atoms with Crippen molar-refractivity contribution < 1.29 is 27.8 Å². The summed E-state index contributed by atoms with van der Waals surface area (Å²) in [6, 6.07) is 6.81. The van der Waals surface area contributed by atoms with Gasteiger partial charge in [0.1, 0.15) is 17.2 Å². The van der Waals surface area contributed by atoms with Gasteiger partial charge in [-0.25, -0.2) is 9.78 Å². The van der Waals surface area contributed by atoms with Gasteiger partial charge in [-0.2, -0.15) is 28.1 Å². The molecule has 3 aromatic heterocycles. The summed E-state index contributed by atoms with van der Waals surface area (Å²) >= 11 is 0. The summed E-state index contributed by atoms with van der Waals surface area (Å²) in [5.74, 6) is 0.159. The van der Waals surface area contributed by atoms with E-state index in [0.717, 1.165) is 12.3 Å². The van der Waals surface area contributed by atoms with E-state index in [2.05, 4.69) is 45.6 Å². The number of aromatic nitrogens is 5. The molecule has 3 heterocycles. The van der Waals surface area contributed by atoms with Crippen LogP contribution in [0.1, 0.15) is 19.5 Å². The number of amides is 1. The number of aliphatic hydroxyl groups is 1. The van der Waals surface area contributed by atoms with Crippen LogP contribution in [0.2, 0.25) is 0 Å². The van der Waals surface area contributed by atoms with E-state index in [0.29, 0.717) is 0 Å². The van der Waals surface area contributed by atoms with Crippen LogP contribution in [0.5, 0.6) is 0 Å². The van der Waals surface area contributed by atoms with Crippen molar-refractivity contribution in [2.75, 3.05) is 29.6 Å². The summed E-state index contributed by atoms with van der Waals surface area (Å²) in [4.78, 5) is 31.7. The Kier molecular flexibility index (Phi) is 7.10. The zero-order valence-corrected chi connectivity index (χ0v) is 18.3. The van der Waals surface area contributed by atoms with E-state index in [4.69, 9.17) is 0 Å². The van der Waals surface area contributed by atoms with Crippen LogP contribution in [0.15, 0.2) is 36.5 Å². The second-order valence-electron chi connectivity index (χ2n) is 7.55. The molecule has 180 valence electrons. The molecule has 0 aliphatic rings. The number of carbonyl (C=O) groups is 1. The molecule has 0 fully saturated rings. The Balaban J connectivity index is 1.98. The first kappa shape index (κ1) is 24.6. The minimum Gasteiger partial charge on any atom is -0.453 e. The Bertz CT molecular complexity index is 1170. The number of nitrogens with zero attached hydrogens (tertiary/aromatic N) is 5. The third-order valence-corrected chi connectivity index (χ3v) is 4.01. The molecule has 34 heavy (non-hydrogen) atoms. The molecule has 0 bridgehead atoms. The monoisotopic (exact) mass is 478 g/mol. The second kappa shape index (κ2) is 9.82. The van der Waals surface area contributed by atoms with Gasteiger partial charge in [-0.15, -0.1) is 0 Å². The molecule has 11 nitrogen and oxygen atoms in total. The Hall–Kier alpha value is -4.07. The summed E-state index contributed by atoms with van der Waals surface area (Å²) in [5.41, 5.74) is -1.91. The van der Waals surface area contributed by atoms with Crippen molar-refractivity contribution in [3.63, 3.8) is 0 Å². The fourth-order valence-electron chi connectivity index (χ4n) is 2.50. The van der Waals surface area contributed by atoms with Crippen LogP contribution < -0.4 is 16.0 Å². The van der Waals surface area contributed by atoms with E-state index in [-0.39, 0.29) is 41.5 Å². The van der Waals surface area contributed by atoms with Crippen molar-refractivity contribution in [3.8, 4) is 11.5 Å². The molecule has 3 aromatic rings. The molecule has 0 saturated carbocycles. The topological polar surface area (TPSA) is 147 Å². The number of carbonyl (C=O) groups excluding carboxylic acids is 1. The SMILES string of the molecule is COC(=O)Nc1cccc(-c2nc(NCC(C)(C)O)nc(Nc3ccnc(C(F)(F)F)c3)n2)n1. The molecule has 0 radical (unpaired) electrons. The van der Waals surface area contributed by atoms with Gasteiger partial charge in [0.2, 0.25) is 11.9 Å². The van der Waals surface area contributed by atoms with Crippen molar-refractivity contribution in [2.24, 2.45) is 0 Å². The number of nitrogens with one attached hydrogen (secondary N) is 3. The fraction of sp³-hybridized carbons (Fsp3) is 0.300. The fourth-order valence-corrected chi connectivity index (χ4v) is 2.50. The highest BCUT2D eigenvalue weighted by Gasteiger charge is 2.32. The molecule has 0 aromatic carbocycles. The maximum absolute atomic E-state index is 13.0. The average Bonchev–Trinajstić information content (AvgIpc) is 2.77. The van der Waals surface area contributed by atoms with Crippen molar-refractivity contribution in [1.29, 1.82) is 0 Å². The number of halogens is 3. The van der Waals surface area contributed by atoms with Crippen molar-refractivity contribution in [3.05, 3.63) is 42.2 Å². The molecule has 3 rings (SSSR count). The smallest absolute Gasteiger partial charge is 0.433 e. The molecule has 14 heteroatoms. The van der Waals surface area contributed by atoms with Crippen molar-refractivity contribution in [1.82, 2.24) is 24.9 Å². The summed E-state index contributed by atoms with van der Waals surface area (Å²) in [6.45, 7) is 3.21. The zero-order valence-electron chi connectivity index (χ0n) is 18.3. The van der Waals surface area contributed by atoms with Gasteiger partial charge in [-0.1, -0.05) is 6.07 Å². The van der Waals surface area contributed by atoms with Gasteiger partial charge in [-0.05, 0) is 38.1 Å². The van der Waals surface area contributed by atoms with Gasteiger partial charge < -0.3 is 20.5 Å². The van der Waals surface area contributed by atoms with Gasteiger partial charge >= 0.3 is 12.3 Å².